The molecule has 2 aromatic heterocycles. The van der Waals surface area contributed by atoms with Gasteiger partial charge in [0.2, 0.25) is 11.8 Å². The van der Waals surface area contributed by atoms with Crippen molar-refractivity contribution in [2.24, 2.45) is 0 Å². The third kappa shape index (κ3) is 2.58. The summed E-state index contributed by atoms with van der Waals surface area (Å²) in [7, 11) is 0. The quantitative estimate of drug-likeness (QED) is 0.710. The summed E-state index contributed by atoms with van der Waals surface area (Å²) in [5.41, 5.74) is 6.62. The normalized spacial score (nSPS) is 25.2. The lowest BCUT2D eigenvalue weighted by Gasteiger charge is -2.16. The van der Waals surface area contributed by atoms with Crippen molar-refractivity contribution in [2.75, 3.05) is 12.3 Å². The number of rotatable bonds is 4. The predicted molar refractivity (Wildman–Crippen MR) is 77.1 cm³/mol. The lowest BCUT2D eigenvalue weighted by Crippen LogP contribution is -2.24. The van der Waals surface area contributed by atoms with Crippen molar-refractivity contribution >= 4 is 17.1 Å². The topological polar surface area (TPSA) is 129 Å². The van der Waals surface area contributed by atoms with Gasteiger partial charge in [0.1, 0.15) is 12.3 Å². The van der Waals surface area contributed by atoms with Crippen LogP contribution in [0.25, 0.3) is 11.2 Å². The summed E-state index contributed by atoms with van der Waals surface area (Å²) in [5, 5.41) is 19.1. The van der Waals surface area contributed by atoms with E-state index in [0.717, 1.165) is 0 Å². The van der Waals surface area contributed by atoms with Crippen LogP contribution in [0, 0.1) is 0 Å². The van der Waals surface area contributed by atoms with Crippen LogP contribution in [0.2, 0.25) is 0 Å². The number of aromatic nitrogens is 4. The van der Waals surface area contributed by atoms with Crippen molar-refractivity contribution < 1.29 is 19.7 Å². The fraction of sp³-hybridized carbons (Fsp3) is 0.615. The largest absolute Gasteiger partial charge is 0.473 e. The molecule has 0 amide bonds. The van der Waals surface area contributed by atoms with E-state index in [9.17, 15) is 10.2 Å². The van der Waals surface area contributed by atoms with E-state index in [-0.39, 0.29) is 18.7 Å². The average Bonchev–Trinajstić information content (AvgIpc) is 3.01. The third-order valence-electron chi connectivity index (χ3n) is 3.46. The fourth-order valence-electron chi connectivity index (χ4n) is 2.50. The van der Waals surface area contributed by atoms with Gasteiger partial charge < -0.3 is 25.4 Å². The van der Waals surface area contributed by atoms with Crippen LogP contribution in [-0.4, -0.2) is 54.7 Å². The summed E-state index contributed by atoms with van der Waals surface area (Å²) in [5.74, 6) is 0.398. The summed E-state index contributed by atoms with van der Waals surface area (Å²) < 4.78 is 13.0. The number of nitrogens with zero attached hydrogens (tertiary/aromatic N) is 4. The van der Waals surface area contributed by atoms with Crippen LogP contribution in [0.15, 0.2) is 6.33 Å². The first-order valence-electron chi connectivity index (χ1n) is 7.10. The number of nitrogens with two attached hydrogens (primary N) is 1. The van der Waals surface area contributed by atoms with Crippen LogP contribution < -0.4 is 10.5 Å². The highest BCUT2D eigenvalue weighted by atomic mass is 16.5. The molecule has 1 fully saturated rings. The number of aliphatic hydroxyl groups excluding tert-OH is 2. The molecule has 9 heteroatoms. The van der Waals surface area contributed by atoms with Crippen molar-refractivity contribution in [3.63, 3.8) is 0 Å². The molecule has 3 rings (SSSR count). The molecule has 0 spiro atoms. The Bertz CT molecular complexity index is 674. The van der Waals surface area contributed by atoms with Gasteiger partial charge in [-0.15, -0.1) is 0 Å². The first kappa shape index (κ1) is 14.9. The maximum Gasteiger partial charge on any atom is 0.245 e. The number of fused-ring (bicyclic) bond motifs is 1. The van der Waals surface area contributed by atoms with Crippen LogP contribution in [-0.2, 0) is 4.74 Å². The van der Waals surface area contributed by atoms with E-state index in [4.69, 9.17) is 15.2 Å². The predicted octanol–water partition coefficient (Wildman–Crippen LogP) is -0.164. The Morgan fingerprint density at radius 2 is 2.27 bits per heavy atom. The number of aliphatic hydroxyl groups is 2. The molecule has 0 bridgehead atoms. The number of hydrogen-bond donors (Lipinski definition) is 3. The molecular formula is C13H19N5O4. The molecule has 0 radical (unpaired) electrons. The molecule has 9 nitrogen and oxygen atoms in total. The second-order valence-corrected chi connectivity index (χ2v) is 5.49. The maximum absolute atomic E-state index is 9.89. The van der Waals surface area contributed by atoms with Gasteiger partial charge in [-0.05, 0) is 13.8 Å². The van der Waals surface area contributed by atoms with E-state index in [2.05, 4.69) is 15.0 Å². The Kier molecular flexibility index (Phi) is 3.85. The van der Waals surface area contributed by atoms with Crippen LogP contribution in [0.3, 0.4) is 0 Å². The number of imidazole rings is 1. The molecule has 4 N–H and O–H groups in total. The SMILES string of the molecule is CC(C)Oc1nc(N)nc2ncn([C@H]3C[C@H](O)[C@@H](CO)O3)c12. The Hall–Kier alpha value is -1.97. The van der Waals surface area contributed by atoms with Gasteiger partial charge >= 0.3 is 0 Å². The lowest BCUT2D eigenvalue weighted by atomic mass is 10.2. The number of hydrogen-bond acceptors (Lipinski definition) is 8. The minimum Gasteiger partial charge on any atom is -0.473 e. The molecular weight excluding hydrogens is 290 g/mol. The van der Waals surface area contributed by atoms with Crippen LogP contribution in [0.5, 0.6) is 5.88 Å². The van der Waals surface area contributed by atoms with Gasteiger partial charge in [0.05, 0.1) is 25.1 Å². The van der Waals surface area contributed by atoms with Crippen molar-refractivity contribution in [1.82, 2.24) is 19.5 Å². The highest BCUT2D eigenvalue weighted by molar-refractivity contribution is 5.77. The standard InChI is InChI=1S/C13H19N5O4/c1-6(2)21-12-10-11(16-13(14)17-12)15-5-18(10)9-3-7(20)8(4-19)22-9/h5-9,19-20H,3-4H2,1-2H3,(H2,14,16,17)/t7-,8+,9+/m0/s1. The van der Waals surface area contributed by atoms with Gasteiger partial charge in [-0.25, -0.2) is 4.98 Å². The summed E-state index contributed by atoms with van der Waals surface area (Å²) in [4.78, 5) is 12.4. The molecule has 1 saturated heterocycles. The van der Waals surface area contributed by atoms with E-state index >= 15 is 0 Å². The van der Waals surface area contributed by atoms with E-state index in [1.165, 1.54) is 0 Å². The summed E-state index contributed by atoms with van der Waals surface area (Å²) >= 11 is 0. The highest BCUT2D eigenvalue weighted by Gasteiger charge is 2.35. The van der Waals surface area contributed by atoms with Gasteiger partial charge in [-0.1, -0.05) is 0 Å². The van der Waals surface area contributed by atoms with E-state index in [0.29, 0.717) is 23.5 Å². The summed E-state index contributed by atoms with van der Waals surface area (Å²) in [6.45, 7) is 3.51. The monoisotopic (exact) mass is 309 g/mol. The van der Waals surface area contributed by atoms with E-state index < -0.39 is 18.4 Å². The Labute approximate surface area is 126 Å². The molecule has 3 atom stereocenters. The minimum atomic E-state index is -0.739. The van der Waals surface area contributed by atoms with Gasteiger partial charge in [0.25, 0.3) is 0 Å². The zero-order chi connectivity index (χ0) is 15.9. The Morgan fingerprint density at radius 3 is 2.91 bits per heavy atom. The van der Waals surface area contributed by atoms with E-state index in [1.54, 1.807) is 10.9 Å². The average molecular weight is 309 g/mol. The third-order valence-corrected chi connectivity index (χ3v) is 3.46. The second-order valence-electron chi connectivity index (χ2n) is 5.49. The Balaban J connectivity index is 2.04. The molecule has 2 aromatic rings. The maximum atomic E-state index is 9.89. The first-order valence-corrected chi connectivity index (χ1v) is 7.10. The zero-order valence-electron chi connectivity index (χ0n) is 12.4. The molecule has 0 aromatic carbocycles. The molecule has 1 aliphatic rings. The smallest absolute Gasteiger partial charge is 0.245 e. The lowest BCUT2D eigenvalue weighted by molar-refractivity contribution is -0.0431. The molecule has 0 aliphatic carbocycles. The van der Waals surface area contributed by atoms with Crippen LogP contribution >= 0.6 is 0 Å². The Morgan fingerprint density at radius 1 is 1.50 bits per heavy atom. The molecule has 120 valence electrons. The molecule has 22 heavy (non-hydrogen) atoms. The van der Waals surface area contributed by atoms with Gasteiger partial charge in [0, 0.05) is 6.42 Å². The van der Waals surface area contributed by atoms with Crippen molar-refractivity contribution in [3.05, 3.63) is 6.33 Å². The second kappa shape index (κ2) is 5.67. The summed E-state index contributed by atoms with van der Waals surface area (Å²) in [6.07, 6.45) is -0.0473. The first-order chi connectivity index (χ1) is 10.5. The van der Waals surface area contributed by atoms with Crippen molar-refractivity contribution in [1.29, 1.82) is 0 Å². The number of anilines is 1. The fourth-order valence-corrected chi connectivity index (χ4v) is 2.50. The highest BCUT2D eigenvalue weighted by Crippen LogP contribution is 2.33. The van der Waals surface area contributed by atoms with Crippen molar-refractivity contribution in [3.8, 4) is 5.88 Å². The molecule has 1 aliphatic heterocycles. The molecule has 0 unspecified atom stereocenters. The van der Waals surface area contributed by atoms with Crippen LogP contribution in [0.4, 0.5) is 5.95 Å². The molecule has 3 heterocycles. The van der Waals surface area contributed by atoms with Crippen molar-refractivity contribution in [2.45, 2.75) is 44.8 Å². The van der Waals surface area contributed by atoms with Gasteiger partial charge in [-0.3, -0.25) is 4.57 Å². The van der Waals surface area contributed by atoms with Gasteiger partial charge in [-0.2, -0.15) is 9.97 Å². The number of nitrogen functional groups attached to an aromatic ring is 1. The molecule has 0 saturated carbocycles. The number of ether oxygens (including phenoxy) is 2. The van der Waals surface area contributed by atoms with Crippen LogP contribution in [0.1, 0.15) is 26.5 Å². The van der Waals surface area contributed by atoms with E-state index in [1.807, 2.05) is 13.8 Å². The van der Waals surface area contributed by atoms with Gasteiger partial charge in [0.15, 0.2) is 11.2 Å². The zero-order valence-corrected chi connectivity index (χ0v) is 12.4. The minimum absolute atomic E-state index is 0.0778. The summed E-state index contributed by atoms with van der Waals surface area (Å²) in [6, 6.07) is 0.